The summed E-state index contributed by atoms with van der Waals surface area (Å²) in [6.07, 6.45) is 0. The second-order valence-electron chi connectivity index (χ2n) is 2.84. The summed E-state index contributed by atoms with van der Waals surface area (Å²) in [4.78, 5) is 11.3. The van der Waals surface area contributed by atoms with Gasteiger partial charge in [-0.3, -0.25) is 4.79 Å². The molecule has 0 aromatic heterocycles. The minimum absolute atomic E-state index is 0.105. The third kappa shape index (κ3) is 2.07. The van der Waals surface area contributed by atoms with E-state index < -0.39 is 0 Å². The van der Waals surface area contributed by atoms with Crippen molar-refractivity contribution in [3.8, 4) is 11.5 Å². The Balaban J connectivity index is 3.16. The lowest BCUT2D eigenvalue weighted by Crippen LogP contribution is -2.10. The number of carbonyl (C=O) groups excluding carboxylic acids is 1. The molecule has 0 bridgehead atoms. The summed E-state index contributed by atoms with van der Waals surface area (Å²) in [5, 5.41) is 9.64. The van der Waals surface area contributed by atoms with Crippen LogP contribution in [0.25, 0.3) is 0 Å². The van der Waals surface area contributed by atoms with Gasteiger partial charge in [-0.25, -0.2) is 0 Å². The van der Waals surface area contributed by atoms with Crippen molar-refractivity contribution < 1.29 is 14.6 Å². The standard InChI is InChI=1S/C10H11BrO3/c1-6(11)9(12)7-4-3-5-8(14-2)10(7)13/h3-6,13H,1-2H3. The number of aromatic hydroxyl groups is 1. The molecular weight excluding hydrogens is 248 g/mol. The van der Waals surface area contributed by atoms with Gasteiger partial charge in [-0.05, 0) is 19.1 Å². The molecule has 4 heteroatoms. The highest BCUT2D eigenvalue weighted by Gasteiger charge is 2.17. The molecule has 0 fully saturated rings. The Morgan fingerprint density at radius 2 is 2.21 bits per heavy atom. The first kappa shape index (κ1) is 11.0. The lowest BCUT2D eigenvalue weighted by molar-refractivity contribution is 0.0992. The number of methoxy groups -OCH3 is 1. The van der Waals surface area contributed by atoms with Gasteiger partial charge in [-0.15, -0.1) is 0 Å². The second-order valence-corrected chi connectivity index (χ2v) is 4.21. The highest BCUT2D eigenvalue weighted by Crippen LogP contribution is 2.30. The molecule has 76 valence electrons. The van der Waals surface area contributed by atoms with E-state index in [1.807, 2.05) is 0 Å². The molecule has 1 N–H and O–H groups in total. The molecule has 0 heterocycles. The van der Waals surface area contributed by atoms with Gasteiger partial charge in [-0.1, -0.05) is 22.0 Å². The van der Waals surface area contributed by atoms with Gasteiger partial charge in [0.25, 0.3) is 0 Å². The molecule has 1 aromatic carbocycles. The number of hydrogen-bond acceptors (Lipinski definition) is 3. The first-order valence-corrected chi connectivity index (χ1v) is 5.03. The molecule has 1 unspecified atom stereocenters. The van der Waals surface area contributed by atoms with Crippen molar-refractivity contribution in [2.75, 3.05) is 7.11 Å². The summed E-state index contributed by atoms with van der Waals surface area (Å²) in [6.45, 7) is 1.71. The number of halogens is 1. The van der Waals surface area contributed by atoms with Crippen LogP contribution in [0.5, 0.6) is 11.5 Å². The third-order valence-electron chi connectivity index (χ3n) is 1.85. The molecule has 14 heavy (non-hydrogen) atoms. The zero-order valence-electron chi connectivity index (χ0n) is 7.95. The first-order valence-electron chi connectivity index (χ1n) is 4.12. The number of benzene rings is 1. The maximum absolute atomic E-state index is 11.6. The molecular formula is C10H11BrO3. The van der Waals surface area contributed by atoms with Gasteiger partial charge in [0.05, 0.1) is 17.5 Å². The molecule has 1 atom stereocenters. The Bertz CT molecular complexity index is 347. The summed E-state index contributed by atoms with van der Waals surface area (Å²) >= 11 is 3.16. The number of carbonyl (C=O) groups is 1. The largest absolute Gasteiger partial charge is 0.504 e. The Kier molecular flexibility index (Phi) is 3.52. The predicted octanol–water partition coefficient (Wildman–Crippen LogP) is 2.37. The van der Waals surface area contributed by atoms with Crippen LogP contribution in [0.2, 0.25) is 0 Å². The maximum Gasteiger partial charge on any atom is 0.180 e. The van der Waals surface area contributed by atoms with Crippen LogP contribution < -0.4 is 4.74 Å². The average Bonchev–Trinajstić information content (AvgIpc) is 2.17. The van der Waals surface area contributed by atoms with E-state index in [1.54, 1.807) is 25.1 Å². The van der Waals surface area contributed by atoms with Gasteiger partial charge in [0.1, 0.15) is 0 Å². The van der Waals surface area contributed by atoms with Crippen molar-refractivity contribution >= 4 is 21.7 Å². The normalized spacial score (nSPS) is 12.2. The van der Waals surface area contributed by atoms with E-state index in [1.165, 1.54) is 7.11 Å². The Hall–Kier alpha value is -1.03. The topological polar surface area (TPSA) is 46.5 Å². The van der Waals surface area contributed by atoms with Gasteiger partial charge in [0, 0.05) is 0 Å². The number of phenolic OH excluding ortho intramolecular Hbond substituents is 1. The molecule has 1 aromatic rings. The zero-order valence-corrected chi connectivity index (χ0v) is 9.54. The van der Waals surface area contributed by atoms with Crippen LogP contribution in [-0.4, -0.2) is 22.8 Å². The van der Waals surface area contributed by atoms with Gasteiger partial charge < -0.3 is 9.84 Å². The molecule has 0 amide bonds. The van der Waals surface area contributed by atoms with Gasteiger partial charge in [0.15, 0.2) is 17.3 Å². The molecule has 0 aliphatic rings. The van der Waals surface area contributed by atoms with Crippen molar-refractivity contribution in [1.29, 1.82) is 0 Å². The van der Waals surface area contributed by atoms with E-state index in [0.717, 1.165) is 0 Å². The van der Waals surface area contributed by atoms with E-state index in [-0.39, 0.29) is 21.9 Å². The fourth-order valence-corrected chi connectivity index (χ4v) is 1.35. The van der Waals surface area contributed by atoms with Crippen molar-refractivity contribution in [3.05, 3.63) is 23.8 Å². The van der Waals surface area contributed by atoms with E-state index in [4.69, 9.17) is 4.74 Å². The summed E-state index contributed by atoms with van der Waals surface area (Å²) in [6, 6.07) is 4.84. The Morgan fingerprint density at radius 1 is 1.57 bits per heavy atom. The van der Waals surface area contributed by atoms with Crippen LogP contribution in [0.3, 0.4) is 0 Å². The number of para-hydroxylation sites is 1. The van der Waals surface area contributed by atoms with Crippen LogP contribution in [-0.2, 0) is 0 Å². The fourth-order valence-electron chi connectivity index (χ4n) is 1.10. The quantitative estimate of drug-likeness (QED) is 0.669. The van der Waals surface area contributed by atoms with Crippen LogP contribution in [0.4, 0.5) is 0 Å². The summed E-state index contributed by atoms with van der Waals surface area (Å²) in [5.41, 5.74) is 0.272. The Labute approximate surface area is 90.8 Å². The number of rotatable bonds is 3. The smallest absolute Gasteiger partial charge is 0.180 e. The molecule has 0 spiro atoms. The highest BCUT2D eigenvalue weighted by atomic mass is 79.9. The zero-order chi connectivity index (χ0) is 10.7. The summed E-state index contributed by atoms with van der Waals surface area (Å²) < 4.78 is 4.90. The lowest BCUT2D eigenvalue weighted by Gasteiger charge is -2.08. The summed E-state index contributed by atoms with van der Waals surface area (Å²) in [7, 11) is 1.45. The molecule has 0 aliphatic heterocycles. The van der Waals surface area contributed by atoms with Crippen molar-refractivity contribution in [2.24, 2.45) is 0 Å². The lowest BCUT2D eigenvalue weighted by atomic mass is 10.1. The molecule has 0 aliphatic carbocycles. The molecule has 0 radical (unpaired) electrons. The predicted molar refractivity (Wildman–Crippen MR) is 57.4 cm³/mol. The number of hydrogen-bond donors (Lipinski definition) is 1. The van der Waals surface area contributed by atoms with E-state index >= 15 is 0 Å². The van der Waals surface area contributed by atoms with Gasteiger partial charge in [0.2, 0.25) is 0 Å². The minimum Gasteiger partial charge on any atom is -0.504 e. The number of ketones is 1. The van der Waals surface area contributed by atoms with Crippen molar-refractivity contribution in [1.82, 2.24) is 0 Å². The number of phenols is 1. The van der Waals surface area contributed by atoms with E-state index in [2.05, 4.69) is 15.9 Å². The second kappa shape index (κ2) is 4.46. The van der Waals surface area contributed by atoms with Crippen molar-refractivity contribution in [3.63, 3.8) is 0 Å². The minimum atomic E-state index is -0.319. The van der Waals surface area contributed by atoms with Crippen LogP contribution in [0.1, 0.15) is 17.3 Å². The fraction of sp³-hybridized carbons (Fsp3) is 0.300. The Morgan fingerprint density at radius 3 is 2.71 bits per heavy atom. The SMILES string of the molecule is COc1cccc(C(=O)C(C)Br)c1O. The van der Waals surface area contributed by atoms with Gasteiger partial charge >= 0.3 is 0 Å². The highest BCUT2D eigenvalue weighted by molar-refractivity contribution is 9.10. The van der Waals surface area contributed by atoms with Crippen molar-refractivity contribution in [2.45, 2.75) is 11.8 Å². The summed E-state index contributed by atoms with van der Waals surface area (Å²) in [5.74, 6) is 0.0386. The molecule has 1 rings (SSSR count). The average molecular weight is 259 g/mol. The van der Waals surface area contributed by atoms with Crippen LogP contribution in [0, 0.1) is 0 Å². The molecule has 0 saturated carbocycles. The third-order valence-corrected chi connectivity index (χ3v) is 2.26. The monoisotopic (exact) mass is 258 g/mol. The van der Waals surface area contributed by atoms with Crippen LogP contribution in [0.15, 0.2) is 18.2 Å². The first-order chi connectivity index (χ1) is 6.57. The molecule has 3 nitrogen and oxygen atoms in total. The number of alkyl halides is 1. The maximum atomic E-state index is 11.6. The number of Topliss-reactive ketones (excluding diaryl/α,β-unsaturated/α-hetero) is 1. The van der Waals surface area contributed by atoms with E-state index in [9.17, 15) is 9.90 Å². The van der Waals surface area contributed by atoms with E-state index in [0.29, 0.717) is 5.75 Å². The van der Waals surface area contributed by atoms with Gasteiger partial charge in [-0.2, -0.15) is 0 Å². The number of ether oxygens (including phenoxy) is 1. The van der Waals surface area contributed by atoms with Crippen LogP contribution >= 0.6 is 15.9 Å². The molecule has 0 saturated heterocycles.